The van der Waals surface area contributed by atoms with Crippen molar-refractivity contribution < 1.29 is 14.7 Å². The molecule has 4 heteroatoms. The van der Waals surface area contributed by atoms with E-state index in [2.05, 4.69) is 5.32 Å². The minimum absolute atomic E-state index is 0.00130. The van der Waals surface area contributed by atoms with Crippen molar-refractivity contribution in [1.29, 1.82) is 0 Å². The second-order valence-corrected chi connectivity index (χ2v) is 2.76. The zero-order chi connectivity index (χ0) is 8.97. The Morgan fingerprint density at radius 3 is 2.67 bits per heavy atom. The van der Waals surface area contributed by atoms with Crippen LogP contribution in [-0.2, 0) is 9.59 Å². The second-order valence-electron chi connectivity index (χ2n) is 2.76. The molecule has 1 amide bonds. The van der Waals surface area contributed by atoms with Gasteiger partial charge in [0.1, 0.15) is 0 Å². The number of amides is 1. The lowest BCUT2D eigenvalue weighted by molar-refractivity contribution is -0.150. The van der Waals surface area contributed by atoms with Gasteiger partial charge in [0.15, 0.2) is 0 Å². The summed E-state index contributed by atoms with van der Waals surface area (Å²) in [6.07, 6.45) is 6.46. The van der Waals surface area contributed by atoms with Crippen LogP contribution in [-0.4, -0.2) is 23.0 Å². The molecule has 0 radical (unpaired) electrons. The predicted octanol–water partition coefficient (Wildman–Crippen LogP) is 0.296. The third kappa shape index (κ3) is 2.38. The molecule has 12 heavy (non-hydrogen) atoms. The third-order valence-electron chi connectivity index (χ3n) is 1.80. The molecule has 0 aromatic carbocycles. The number of nitrogens with one attached hydrogen (secondary N) is 1. The highest BCUT2D eigenvalue weighted by atomic mass is 16.4. The van der Waals surface area contributed by atoms with E-state index in [0.29, 0.717) is 0 Å². The molecule has 0 aliphatic heterocycles. The number of carboxylic acid groups (broad SMARTS) is 1. The van der Waals surface area contributed by atoms with E-state index in [1.54, 1.807) is 0 Å². The highest BCUT2D eigenvalue weighted by Crippen LogP contribution is 2.09. The molecule has 0 spiro atoms. The maximum Gasteiger partial charge on any atom is 0.394 e. The van der Waals surface area contributed by atoms with Gasteiger partial charge >= 0.3 is 11.9 Å². The maximum absolute atomic E-state index is 10.7. The van der Waals surface area contributed by atoms with E-state index in [4.69, 9.17) is 5.11 Å². The van der Waals surface area contributed by atoms with E-state index in [9.17, 15) is 9.59 Å². The molecule has 0 fully saturated rings. The molecular formula is C8H11NO3. The maximum atomic E-state index is 10.7. The van der Waals surface area contributed by atoms with Gasteiger partial charge in [-0.3, -0.25) is 4.79 Å². The first-order valence-corrected chi connectivity index (χ1v) is 3.89. The van der Waals surface area contributed by atoms with Gasteiger partial charge in [-0.15, -0.1) is 0 Å². The normalized spacial score (nSPS) is 21.8. The van der Waals surface area contributed by atoms with Crippen LogP contribution in [0, 0.1) is 0 Å². The van der Waals surface area contributed by atoms with Gasteiger partial charge < -0.3 is 10.4 Å². The Bertz CT molecular complexity index is 222. The van der Waals surface area contributed by atoms with Crippen LogP contribution in [0.15, 0.2) is 12.2 Å². The van der Waals surface area contributed by atoms with Gasteiger partial charge in [0, 0.05) is 6.04 Å². The summed E-state index contributed by atoms with van der Waals surface area (Å²) in [7, 11) is 0. The molecule has 0 aromatic rings. The van der Waals surface area contributed by atoms with Gasteiger partial charge in [-0.25, -0.2) is 4.79 Å². The van der Waals surface area contributed by atoms with Gasteiger partial charge in [0.05, 0.1) is 0 Å². The van der Waals surface area contributed by atoms with Gasteiger partial charge in [0.2, 0.25) is 0 Å². The number of carbonyl (C=O) groups is 2. The summed E-state index contributed by atoms with van der Waals surface area (Å²) in [5, 5.41) is 10.7. The zero-order valence-corrected chi connectivity index (χ0v) is 6.62. The summed E-state index contributed by atoms with van der Waals surface area (Å²) in [5.74, 6) is -2.32. The Morgan fingerprint density at radius 2 is 2.17 bits per heavy atom. The Balaban J connectivity index is 2.35. The standard InChI is InChI=1S/C8H11NO3/c10-7(8(11)12)9-6-4-2-1-3-5-6/h1-2,6H,3-5H2,(H,9,10)(H,11,12). The number of aliphatic carboxylic acids is 1. The van der Waals surface area contributed by atoms with Gasteiger partial charge in [-0.1, -0.05) is 12.2 Å². The quantitative estimate of drug-likeness (QED) is 0.438. The molecule has 0 bridgehead atoms. The number of allylic oxidation sites excluding steroid dienone is 1. The van der Waals surface area contributed by atoms with Crippen LogP contribution >= 0.6 is 0 Å². The molecule has 1 rings (SSSR count). The Labute approximate surface area is 70.3 Å². The molecule has 66 valence electrons. The van der Waals surface area contributed by atoms with Crippen molar-refractivity contribution in [3.05, 3.63) is 12.2 Å². The van der Waals surface area contributed by atoms with Gasteiger partial charge in [-0.05, 0) is 19.3 Å². The van der Waals surface area contributed by atoms with E-state index >= 15 is 0 Å². The molecule has 1 aliphatic rings. The summed E-state index contributed by atoms with van der Waals surface area (Å²) in [5.41, 5.74) is 0. The zero-order valence-electron chi connectivity index (χ0n) is 6.62. The molecule has 0 aromatic heterocycles. The lowest BCUT2D eigenvalue weighted by Crippen LogP contribution is -2.39. The van der Waals surface area contributed by atoms with Gasteiger partial charge in [0.25, 0.3) is 0 Å². The van der Waals surface area contributed by atoms with Gasteiger partial charge in [-0.2, -0.15) is 0 Å². The summed E-state index contributed by atoms with van der Waals surface area (Å²) < 4.78 is 0. The highest BCUT2D eigenvalue weighted by molar-refractivity contribution is 6.31. The van der Waals surface area contributed by atoms with Crippen molar-refractivity contribution in [3.63, 3.8) is 0 Å². The first-order chi connectivity index (χ1) is 5.70. The smallest absolute Gasteiger partial charge is 0.394 e. The fraction of sp³-hybridized carbons (Fsp3) is 0.500. The van der Waals surface area contributed by atoms with E-state index in [1.165, 1.54) is 0 Å². The number of hydrogen-bond acceptors (Lipinski definition) is 2. The molecule has 0 heterocycles. The van der Waals surface area contributed by atoms with Crippen LogP contribution in [0.25, 0.3) is 0 Å². The minimum Gasteiger partial charge on any atom is -0.474 e. The number of carboxylic acids is 1. The lowest BCUT2D eigenvalue weighted by Gasteiger charge is -2.17. The predicted molar refractivity (Wildman–Crippen MR) is 42.6 cm³/mol. The van der Waals surface area contributed by atoms with E-state index in [0.717, 1.165) is 19.3 Å². The topological polar surface area (TPSA) is 66.4 Å². The van der Waals surface area contributed by atoms with Crippen molar-refractivity contribution in [2.24, 2.45) is 0 Å². The monoisotopic (exact) mass is 169 g/mol. The summed E-state index contributed by atoms with van der Waals surface area (Å²) >= 11 is 0. The van der Waals surface area contributed by atoms with Crippen molar-refractivity contribution in [2.45, 2.75) is 25.3 Å². The van der Waals surface area contributed by atoms with Crippen molar-refractivity contribution in [1.82, 2.24) is 5.32 Å². The van der Waals surface area contributed by atoms with Crippen LogP contribution in [0.5, 0.6) is 0 Å². The summed E-state index contributed by atoms with van der Waals surface area (Å²) in [6, 6.07) is -0.00130. The Kier molecular flexibility index (Phi) is 2.85. The molecule has 0 saturated heterocycles. The Morgan fingerprint density at radius 1 is 1.42 bits per heavy atom. The van der Waals surface area contributed by atoms with Crippen molar-refractivity contribution in [3.8, 4) is 0 Å². The van der Waals surface area contributed by atoms with Crippen LogP contribution < -0.4 is 5.32 Å². The second kappa shape index (κ2) is 3.90. The number of carbonyl (C=O) groups excluding carboxylic acids is 1. The fourth-order valence-corrected chi connectivity index (χ4v) is 1.17. The largest absolute Gasteiger partial charge is 0.474 e. The highest BCUT2D eigenvalue weighted by Gasteiger charge is 2.17. The van der Waals surface area contributed by atoms with Crippen LogP contribution in [0.3, 0.4) is 0 Å². The Hall–Kier alpha value is -1.32. The number of rotatable bonds is 1. The third-order valence-corrected chi connectivity index (χ3v) is 1.80. The minimum atomic E-state index is -1.41. The van der Waals surface area contributed by atoms with Crippen LogP contribution in [0.1, 0.15) is 19.3 Å². The first-order valence-electron chi connectivity index (χ1n) is 3.89. The van der Waals surface area contributed by atoms with E-state index < -0.39 is 11.9 Å². The van der Waals surface area contributed by atoms with Crippen molar-refractivity contribution in [2.75, 3.05) is 0 Å². The molecule has 1 aliphatic carbocycles. The SMILES string of the molecule is O=C(O)C(=O)NC1CC=CCC1. The van der Waals surface area contributed by atoms with E-state index in [1.807, 2.05) is 12.2 Å². The molecule has 1 unspecified atom stereocenters. The first kappa shape index (κ1) is 8.77. The molecule has 1 atom stereocenters. The summed E-state index contributed by atoms with van der Waals surface area (Å²) in [4.78, 5) is 20.8. The average Bonchev–Trinajstić information content (AvgIpc) is 2.06. The van der Waals surface area contributed by atoms with Crippen LogP contribution in [0.4, 0.5) is 0 Å². The molecule has 0 saturated carbocycles. The molecule has 2 N–H and O–H groups in total. The summed E-state index contributed by atoms with van der Waals surface area (Å²) in [6.45, 7) is 0. The van der Waals surface area contributed by atoms with E-state index in [-0.39, 0.29) is 6.04 Å². The molecular weight excluding hydrogens is 158 g/mol. The number of hydrogen-bond donors (Lipinski definition) is 2. The lowest BCUT2D eigenvalue weighted by atomic mass is 10.0. The van der Waals surface area contributed by atoms with Crippen molar-refractivity contribution >= 4 is 11.9 Å². The van der Waals surface area contributed by atoms with Crippen LogP contribution in [0.2, 0.25) is 0 Å². The average molecular weight is 169 g/mol. The fourth-order valence-electron chi connectivity index (χ4n) is 1.17. The molecule has 4 nitrogen and oxygen atoms in total.